The summed E-state index contributed by atoms with van der Waals surface area (Å²) in [6.45, 7) is 56.0. The van der Waals surface area contributed by atoms with Gasteiger partial charge in [-0.3, -0.25) is 0 Å². The molecular formula is C127H147N3. The molecule has 0 saturated heterocycles. The fraction of sp³-hybridized carbons (Fsp3) is 0.291. The molecule has 3 aromatic heterocycles. The van der Waals surface area contributed by atoms with Crippen molar-refractivity contribution in [1.29, 1.82) is 0 Å². The van der Waals surface area contributed by atoms with E-state index in [0.29, 0.717) is 0 Å². The lowest BCUT2D eigenvalue weighted by atomic mass is 9.93. The fourth-order valence-electron chi connectivity index (χ4n) is 21.0. The van der Waals surface area contributed by atoms with Gasteiger partial charge in [0.2, 0.25) is 0 Å². The molecule has 0 amide bonds. The van der Waals surface area contributed by atoms with Crippen LogP contribution in [0.1, 0.15) is 294 Å². The second-order valence-corrected chi connectivity index (χ2v) is 30.4. The summed E-state index contributed by atoms with van der Waals surface area (Å²) >= 11 is 0. The number of hydrogen-bond donors (Lipinski definition) is 0. The van der Waals surface area contributed by atoms with Gasteiger partial charge in [0.1, 0.15) is 0 Å². The summed E-state index contributed by atoms with van der Waals surface area (Å²) in [6, 6.07) is 104. The minimum Gasteiger partial charge on any atom is -0.309 e. The topological polar surface area (TPSA) is 14.8 Å². The summed E-state index contributed by atoms with van der Waals surface area (Å²) in [4.78, 5) is 0. The molecule has 130 heavy (non-hydrogen) atoms. The number of hydrogen-bond acceptors (Lipinski definition) is 0. The predicted octanol–water partition coefficient (Wildman–Crippen LogP) is 37.9. The van der Waals surface area contributed by atoms with Gasteiger partial charge < -0.3 is 13.7 Å². The Bertz CT molecular complexity index is 6870. The van der Waals surface area contributed by atoms with E-state index in [4.69, 9.17) is 0 Å². The standard InChI is InChI=1S/3C33H21N.14C2H6/c1-4-10-25-19(6-1)14-22-18-31-23(17-28(22)25)15-21-8-5-11-27-32-29-16-20-7-2-3-9-24(20)26(29)12-13-30(32)34(31)33(21)27;1-3-9-25-20(7-1)13-23-17-31-24(16-28(23)25)14-21-8-5-11-27-30-15-22-12-19-6-2-4-10-26(19)29(22)18-32(30)34(31)33(21)27;1-3-9-25-19(6-1)15-23-18-30-24(17-28(23)25)16-22-8-5-11-27-32-29(34(30)33(22)27)13-12-21-14-20-7-2-4-10-26(20)31(21)32;14*1-2/h1-13,17-18H,14-16H2;1-11,15-18H,12-14H2;1-13,17-18H,14-16H2;14*1-2H3. The minimum atomic E-state index is 0.997. The highest BCUT2D eigenvalue weighted by atomic mass is 15.0. The molecule has 670 valence electrons. The van der Waals surface area contributed by atoms with Crippen molar-refractivity contribution in [3.8, 4) is 83.8 Å². The van der Waals surface area contributed by atoms with Gasteiger partial charge in [0.15, 0.2) is 0 Å². The van der Waals surface area contributed by atoms with Crippen LogP contribution in [0.25, 0.3) is 149 Å². The lowest BCUT2D eigenvalue weighted by molar-refractivity contribution is 1.04. The number of rotatable bonds is 0. The molecule has 6 heterocycles. The van der Waals surface area contributed by atoms with Crippen LogP contribution >= 0.6 is 0 Å². The van der Waals surface area contributed by atoms with Crippen molar-refractivity contribution in [3.63, 3.8) is 0 Å². The Kier molecular flexibility index (Phi) is 34.3. The van der Waals surface area contributed by atoms with E-state index >= 15 is 0 Å². The maximum atomic E-state index is 2.57. The molecule has 0 atom stereocenters. The third-order valence-corrected chi connectivity index (χ3v) is 25.2. The van der Waals surface area contributed by atoms with Crippen LogP contribution < -0.4 is 0 Å². The highest BCUT2D eigenvalue weighted by Crippen LogP contribution is 2.54. The first-order valence-corrected chi connectivity index (χ1v) is 50.8. The molecule has 27 rings (SSSR count). The van der Waals surface area contributed by atoms with Crippen LogP contribution in [-0.4, -0.2) is 13.7 Å². The van der Waals surface area contributed by atoms with E-state index < -0.39 is 0 Å². The van der Waals surface area contributed by atoms with Crippen LogP contribution in [0.3, 0.4) is 0 Å². The first kappa shape index (κ1) is 98.3. The summed E-state index contributed by atoms with van der Waals surface area (Å²) in [5.41, 5.74) is 55.5. The van der Waals surface area contributed by atoms with Crippen molar-refractivity contribution < 1.29 is 0 Å². The Hall–Kier alpha value is -12.3. The first-order valence-electron chi connectivity index (χ1n) is 50.8. The van der Waals surface area contributed by atoms with Gasteiger partial charge in [0.25, 0.3) is 0 Å². The molecule has 0 radical (unpaired) electrons. The van der Waals surface area contributed by atoms with Crippen molar-refractivity contribution in [1.82, 2.24) is 13.7 Å². The van der Waals surface area contributed by atoms with E-state index in [1.807, 2.05) is 194 Å². The number of benzene rings is 15. The molecule has 3 nitrogen and oxygen atoms in total. The van der Waals surface area contributed by atoms with E-state index in [9.17, 15) is 0 Å². The Morgan fingerprint density at radius 3 is 0.815 bits per heavy atom. The average Bonchev–Trinajstić information content (AvgIpc) is 1.56. The third-order valence-electron chi connectivity index (χ3n) is 25.2. The summed E-state index contributed by atoms with van der Waals surface area (Å²) < 4.78 is 7.72. The molecule has 0 saturated carbocycles. The van der Waals surface area contributed by atoms with Crippen LogP contribution in [0.5, 0.6) is 0 Å². The summed E-state index contributed by atoms with van der Waals surface area (Å²) in [5, 5.41) is 8.46. The highest BCUT2D eigenvalue weighted by molar-refractivity contribution is 6.20. The maximum Gasteiger partial charge on any atom is 0.0576 e. The molecule has 3 heteroatoms. The van der Waals surface area contributed by atoms with Gasteiger partial charge in [0.05, 0.1) is 50.2 Å². The number of fused-ring (bicyclic) bond motifs is 35. The number of nitrogens with zero attached hydrogens (tertiary/aromatic N) is 3. The van der Waals surface area contributed by atoms with Crippen molar-refractivity contribution in [2.75, 3.05) is 0 Å². The highest BCUT2D eigenvalue weighted by Gasteiger charge is 2.35. The number of para-hydroxylation sites is 3. The molecule has 15 aromatic carbocycles. The second kappa shape index (κ2) is 45.3. The third kappa shape index (κ3) is 16.7. The van der Waals surface area contributed by atoms with Crippen LogP contribution in [0.2, 0.25) is 0 Å². The molecule has 0 bridgehead atoms. The van der Waals surface area contributed by atoms with E-state index in [0.717, 1.165) is 57.8 Å². The summed E-state index contributed by atoms with van der Waals surface area (Å²) in [7, 11) is 0. The molecule has 0 fully saturated rings. The second-order valence-electron chi connectivity index (χ2n) is 30.4. The molecular weight excluding hydrogens is 1570 g/mol. The SMILES string of the molecule is CC.CC.CC.CC.CC.CC.CC.CC.CC.CC.CC.CC.CC.CC.c1ccc2c(c1)Cc1cc3c(cc1-2)Cc1cccc2c4c5c(ccc4n-3c12)-c1ccccc1C5.c1ccc2c(c1)Cc1cc3c(cc1-2)Cc1cccc2c4c5c(ccc4n-3c12)Cc1ccccc1-5.c1ccc2c(c1)Cc1cc3c(cc1-2)Cc1cccc2c4cc5c(cc4n-3c12)-c1ccccc1C5. The fourth-order valence-corrected chi connectivity index (χ4v) is 21.0. The normalized spacial score (nSPS) is 11.7. The van der Waals surface area contributed by atoms with E-state index in [2.05, 4.69) is 287 Å². The van der Waals surface area contributed by atoms with E-state index in [-0.39, 0.29) is 0 Å². The smallest absolute Gasteiger partial charge is 0.0576 e. The average molecular weight is 1720 g/mol. The van der Waals surface area contributed by atoms with Gasteiger partial charge >= 0.3 is 0 Å². The largest absolute Gasteiger partial charge is 0.309 e. The molecule has 0 spiro atoms. The van der Waals surface area contributed by atoms with E-state index in [1.54, 1.807) is 0 Å². The van der Waals surface area contributed by atoms with Crippen molar-refractivity contribution in [2.24, 2.45) is 0 Å². The van der Waals surface area contributed by atoms with E-state index in [1.165, 1.54) is 249 Å². The Morgan fingerprint density at radius 2 is 0.423 bits per heavy atom. The van der Waals surface area contributed by atoms with Gasteiger partial charge in [-0.2, -0.15) is 0 Å². The lowest BCUT2D eigenvalue weighted by Gasteiger charge is -2.22. The minimum absolute atomic E-state index is 0.997. The van der Waals surface area contributed by atoms with Gasteiger partial charge in [-0.25, -0.2) is 0 Å². The van der Waals surface area contributed by atoms with Crippen molar-refractivity contribution in [3.05, 3.63) is 373 Å². The Labute approximate surface area is 782 Å². The molecule has 9 aliphatic rings. The monoisotopic (exact) mass is 1710 g/mol. The van der Waals surface area contributed by atoms with Gasteiger partial charge in [-0.15, -0.1) is 0 Å². The zero-order valence-electron chi connectivity index (χ0n) is 84.2. The van der Waals surface area contributed by atoms with Gasteiger partial charge in [-0.1, -0.05) is 406 Å². The summed E-state index contributed by atoms with van der Waals surface area (Å²) in [6.07, 6.45) is 9.20. The van der Waals surface area contributed by atoms with Crippen LogP contribution in [0, 0.1) is 0 Å². The predicted molar refractivity (Wildman–Crippen MR) is 579 cm³/mol. The van der Waals surface area contributed by atoms with Gasteiger partial charge in [0, 0.05) is 51.6 Å². The lowest BCUT2D eigenvalue weighted by Crippen LogP contribution is -2.08. The zero-order chi connectivity index (χ0) is 93.9. The molecule has 6 aliphatic carbocycles. The molecule has 0 N–H and O–H groups in total. The van der Waals surface area contributed by atoms with Crippen LogP contribution in [0.15, 0.2) is 273 Å². The number of aromatic nitrogens is 3. The van der Waals surface area contributed by atoms with Crippen LogP contribution in [-0.2, 0) is 57.8 Å². The maximum absolute atomic E-state index is 2.57. The summed E-state index contributed by atoms with van der Waals surface area (Å²) in [5.74, 6) is 0. The Morgan fingerprint density at radius 1 is 0.154 bits per heavy atom. The molecule has 3 aliphatic heterocycles. The Balaban J connectivity index is 0.000000166. The van der Waals surface area contributed by atoms with Crippen molar-refractivity contribution in [2.45, 2.75) is 252 Å². The molecule has 0 unspecified atom stereocenters. The van der Waals surface area contributed by atoms with Crippen LogP contribution in [0.4, 0.5) is 0 Å². The van der Waals surface area contributed by atoms with Gasteiger partial charge in [-0.05, 0) is 266 Å². The molecule has 18 aromatic rings. The van der Waals surface area contributed by atoms with Crippen molar-refractivity contribution >= 4 is 65.4 Å². The first-order chi connectivity index (χ1) is 64.5. The zero-order valence-corrected chi connectivity index (χ0v) is 84.2. The quantitative estimate of drug-likeness (QED) is 0.144.